The average Bonchev–Trinajstić information content (AvgIpc) is 3.42. The lowest BCUT2D eigenvalue weighted by Gasteiger charge is -2.35. The molecule has 9 nitrogen and oxygen atoms in total. The normalized spacial score (nSPS) is 16.3. The van der Waals surface area contributed by atoms with Crippen LogP contribution in [0.5, 0.6) is 0 Å². The van der Waals surface area contributed by atoms with E-state index in [1.165, 1.54) is 31.4 Å². The van der Waals surface area contributed by atoms with Crippen LogP contribution in [-0.2, 0) is 31.7 Å². The fourth-order valence-electron chi connectivity index (χ4n) is 5.11. The summed E-state index contributed by atoms with van der Waals surface area (Å²) in [5.74, 6) is -0.686. The number of aromatic nitrogens is 1. The Morgan fingerprint density at radius 2 is 1.76 bits per heavy atom. The minimum absolute atomic E-state index is 0.0226. The van der Waals surface area contributed by atoms with Crippen LogP contribution in [0.3, 0.4) is 0 Å². The van der Waals surface area contributed by atoms with Crippen molar-refractivity contribution in [2.75, 3.05) is 18.6 Å². The first-order chi connectivity index (χ1) is 21.0. The molecule has 1 fully saturated rings. The van der Waals surface area contributed by atoms with Gasteiger partial charge in [0, 0.05) is 44.3 Å². The molecule has 2 heterocycles. The predicted molar refractivity (Wildman–Crippen MR) is 166 cm³/mol. The third kappa shape index (κ3) is 10.7. The smallest absolute Gasteiger partial charge is 0.416 e. The number of halogens is 3. The number of nitrogens with one attached hydrogen (secondary N) is 1. The zero-order chi connectivity index (χ0) is 33.5. The maximum atomic E-state index is 13.3. The number of rotatable bonds is 15. The van der Waals surface area contributed by atoms with Crippen LogP contribution in [0.4, 0.5) is 13.2 Å². The van der Waals surface area contributed by atoms with Crippen molar-refractivity contribution in [1.29, 1.82) is 0 Å². The monoisotopic (exact) mass is 671 g/mol. The first kappa shape index (κ1) is 36.3. The molecule has 3 rings (SSSR count). The maximum Gasteiger partial charge on any atom is 0.416 e. The Morgan fingerprint density at radius 1 is 1.11 bits per heavy atom. The van der Waals surface area contributed by atoms with Crippen molar-refractivity contribution in [2.24, 2.45) is 17.8 Å². The molecule has 1 aliphatic heterocycles. The van der Waals surface area contributed by atoms with Gasteiger partial charge in [0.2, 0.25) is 5.91 Å². The van der Waals surface area contributed by atoms with Gasteiger partial charge in [0.15, 0.2) is 6.10 Å². The lowest BCUT2D eigenvalue weighted by Crippen LogP contribution is -2.43. The molecular weight excluding hydrogens is 631 g/mol. The number of thiazole rings is 1. The van der Waals surface area contributed by atoms with Crippen molar-refractivity contribution < 1.29 is 42.2 Å². The summed E-state index contributed by atoms with van der Waals surface area (Å²) in [7, 11) is 1.75. The molecule has 248 valence electrons. The van der Waals surface area contributed by atoms with Crippen LogP contribution in [0, 0.1) is 17.8 Å². The Morgan fingerprint density at radius 3 is 2.27 bits per heavy atom. The Kier molecular flexibility index (Phi) is 12.9. The molecule has 2 aromatic rings. The molecule has 0 radical (unpaired) electrons. The Labute approximate surface area is 269 Å². The van der Waals surface area contributed by atoms with Gasteiger partial charge in [-0.05, 0) is 53.9 Å². The van der Waals surface area contributed by atoms with E-state index in [0.717, 1.165) is 35.0 Å². The summed E-state index contributed by atoms with van der Waals surface area (Å²) in [6.07, 6.45) is -4.44. The van der Waals surface area contributed by atoms with Gasteiger partial charge in [-0.25, -0.2) is 4.98 Å². The van der Waals surface area contributed by atoms with Crippen LogP contribution in [0.2, 0.25) is 0 Å². The number of carboxylic acids is 1. The number of amides is 2. The number of carboxylic acid groups (broad SMARTS) is 1. The van der Waals surface area contributed by atoms with E-state index < -0.39 is 47.6 Å². The fraction of sp³-hybridized carbons (Fsp3) is 0.581. The second kappa shape index (κ2) is 15.9. The van der Waals surface area contributed by atoms with Crippen molar-refractivity contribution in [2.45, 2.75) is 77.7 Å². The van der Waals surface area contributed by atoms with Crippen LogP contribution in [0.15, 0.2) is 29.6 Å². The second-order valence-electron chi connectivity index (χ2n) is 11.9. The molecule has 0 saturated carbocycles. The van der Waals surface area contributed by atoms with E-state index in [4.69, 9.17) is 4.74 Å². The molecule has 14 heteroatoms. The van der Waals surface area contributed by atoms with E-state index in [9.17, 15) is 37.5 Å². The van der Waals surface area contributed by atoms with Gasteiger partial charge in [0.05, 0.1) is 11.5 Å². The first-order valence-electron chi connectivity index (χ1n) is 14.7. The van der Waals surface area contributed by atoms with Crippen molar-refractivity contribution in [1.82, 2.24) is 15.2 Å². The second-order valence-corrected chi connectivity index (χ2v) is 13.8. The summed E-state index contributed by atoms with van der Waals surface area (Å²) < 4.78 is 44.6. The van der Waals surface area contributed by atoms with Crippen molar-refractivity contribution in [3.8, 4) is 0 Å². The van der Waals surface area contributed by atoms with Gasteiger partial charge in [-0.15, -0.1) is 11.3 Å². The SMILES string of the molecule is CC(=O)OC(CC(C(C)C)N(C)C(=O)CC1CSC1)c1nc(C(=O)N[C@@H](Cc2ccc(C(F)(F)F)cc2)CC(C)C(=O)O)cs1. The highest BCUT2D eigenvalue weighted by atomic mass is 32.2. The number of carbonyl (C=O) groups excluding carboxylic acids is 3. The summed E-state index contributed by atoms with van der Waals surface area (Å²) >= 11 is 2.93. The van der Waals surface area contributed by atoms with Gasteiger partial charge in [-0.3, -0.25) is 19.2 Å². The lowest BCUT2D eigenvalue weighted by molar-refractivity contribution is -0.148. The van der Waals surface area contributed by atoms with Gasteiger partial charge in [0.25, 0.3) is 5.91 Å². The highest BCUT2D eigenvalue weighted by Crippen LogP contribution is 2.33. The van der Waals surface area contributed by atoms with Crippen molar-refractivity contribution in [3.63, 3.8) is 0 Å². The molecule has 0 aliphatic carbocycles. The van der Waals surface area contributed by atoms with Crippen LogP contribution in [-0.4, -0.2) is 69.4 Å². The zero-order valence-electron chi connectivity index (χ0n) is 25.9. The largest absolute Gasteiger partial charge is 0.481 e. The molecule has 1 saturated heterocycles. The summed E-state index contributed by atoms with van der Waals surface area (Å²) in [5, 5.41) is 14.1. The molecule has 0 spiro atoms. The molecule has 4 atom stereocenters. The molecule has 1 aliphatic rings. The Hall–Kier alpha value is -3.13. The number of nitrogens with zero attached hydrogens (tertiary/aromatic N) is 2. The molecule has 0 bridgehead atoms. The van der Waals surface area contributed by atoms with Gasteiger partial charge in [0.1, 0.15) is 10.7 Å². The number of thioether (sulfide) groups is 1. The highest BCUT2D eigenvalue weighted by molar-refractivity contribution is 8.00. The van der Waals surface area contributed by atoms with Crippen LogP contribution >= 0.6 is 23.1 Å². The number of hydrogen-bond acceptors (Lipinski definition) is 8. The van der Waals surface area contributed by atoms with Crippen LogP contribution in [0.25, 0.3) is 0 Å². The van der Waals surface area contributed by atoms with Gasteiger partial charge in [-0.1, -0.05) is 32.9 Å². The number of hydrogen-bond donors (Lipinski definition) is 2. The molecule has 1 aromatic heterocycles. The van der Waals surface area contributed by atoms with Crippen molar-refractivity contribution in [3.05, 3.63) is 51.5 Å². The molecule has 2 amide bonds. The van der Waals surface area contributed by atoms with Crippen LogP contribution < -0.4 is 5.32 Å². The fourth-order valence-corrected chi connectivity index (χ4v) is 6.75. The molecule has 3 unspecified atom stereocenters. The maximum absolute atomic E-state index is 13.3. The summed E-state index contributed by atoms with van der Waals surface area (Å²) in [6, 6.07) is 3.51. The third-order valence-corrected chi connectivity index (χ3v) is 10.1. The summed E-state index contributed by atoms with van der Waals surface area (Å²) in [6.45, 7) is 6.72. The number of aliphatic carboxylic acids is 1. The molecule has 1 aromatic carbocycles. The van der Waals surface area contributed by atoms with Gasteiger partial charge in [-0.2, -0.15) is 24.9 Å². The van der Waals surface area contributed by atoms with E-state index in [1.807, 2.05) is 25.6 Å². The minimum atomic E-state index is -4.49. The van der Waals surface area contributed by atoms with E-state index in [1.54, 1.807) is 11.9 Å². The zero-order valence-corrected chi connectivity index (χ0v) is 27.6. The lowest BCUT2D eigenvalue weighted by atomic mass is 9.95. The molecular formula is C31H40F3N3O6S2. The van der Waals surface area contributed by atoms with E-state index in [0.29, 0.717) is 22.9 Å². The quantitative estimate of drug-likeness (QED) is 0.226. The third-order valence-electron chi connectivity index (χ3n) is 7.78. The van der Waals surface area contributed by atoms with Gasteiger partial charge >= 0.3 is 18.1 Å². The first-order valence-corrected chi connectivity index (χ1v) is 16.7. The number of alkyl halides is 3. The highest BCUT2D eigenvalue weighted by Gasteiger charge is 2.33. The standard InChI is InChI=1S/C31H40F3N3O6S2/c1-17(2)25(37(5)27(39)12-21-14-44-15-21)13-26(43-19(4)38)29-36-24(16-45-29)28(40)35-23(10-18(3)30(41)42)11-20-6-8-22(9-7-20)31(32,33)34/h6-9,16-18,21,23,25-26H,10-15H2,1-5H3,(H,35,40)(H,41,42)/t18?,23-,25?,26?/m1/s1. The number of benzene rings is 1. The molecule has 45 heavy (non-hydrogen) atoms. The Bertz CT molecular complexity index is 1330. The number of carbonyl (C=O) groups is 4. The van der Waals surface area contributed by atoms with E-state index >= 15 is 0 Å². The topological polar surface area (TPSA) is 126 Å². The van der Waals surface area contributed by atoms with Crippen LogP contribution in [0.1, 0.15) is 79.7 Å². The average molecular weight is 672 g/mol. The van der Waals surface area contributed by atoms with E-state index in [-0.39, 0.29) is 42.8 Å². The minimum Gasteiger partial charge on any atom is -0.481 e. The molecule has 2 N–H and O–H groups in total. The Balaban J connectivity index is 1.77. The number of esters is 1. The predicted octanol–water partition coefficient (Wildman–Crippen LogP) is 5.84. The van der Waals surface area contributed by atoms with E-state index in [2.05, 4.69) is 10.3 Å². The summed E-state index contributed by atoms with van der Waals surface area (Å²) in [4.78, 5) is 56.0. The van der Waals surface area contributed by atoms with Gasteiger partial charge < -0.3 is 20.1 Å². The van der Waals surface area contributed by atoms with Crippen molar-refractivity contribution >= 4 is 46.9 Å². The number of ether oxygens (including phenoxy) is 1. The summed E-state index contributed by atoms with van der Waals surface area (Å²) in [5.41, 5.74) is -0.286.